The number of allylic oxidation sites excluding steroid dienone is 1. The number of hydrogen-bond donors (Lipinski definition) is 2. The van der Waals surface area contributed by atoms with Crippen LogP contribution in [0, 0.1) is 6.92 Å². The third-order valence-electron chi connectivity index (χ3n) is 3.41. The van der Waals surface area contributed by atoms with Gasteiger partial charge < -0.3 is 10.2 Å². The third-order valence-corrected chi connectivity index (χ3v) is 5.20. The Morgan fingerprint density at radius 1 is 1.19 bits per heavy atom. The number of nitrogens with zero attached hydrogens (tertiary/aromatic N) is 1. The molecule has 1 heterocycles. The first-order chi connectivity index (χ1) is 9.87. The highest BCUT2D eigenvalue weighted by Crippen LogP contribution is 2.26. The van der Waals surface area contributed by atoms with Crippen molar-refractivity contribution < 1.29 is 18.6 Å². The molecule has 2 N–H and O–H groups in total. The molecule has 1 aromatic rings. The lowest BCUT2D eigenvalue weighted by molar-refractivity contribution is 0.0133. The number of aryl methyl sites for hydroxylation is 1. The van der Waals surface area contributed by atoms with Gasteiger partial charge in [-0.05, 0) is 32.1 Å². The van der Waals surface area contributed by atoms with Gasteiger partial charge in [-0.2, -0.15) is 0 Å². The first-order valence-electron chi connectivity index (χ1n) is 6.65. The van der Waals surface area contributed by atoms with Crippen molar-refractivity contribution in [3.05, 3.63) is 54.3 Å². The lowest BCUT2D eigenvalue weighted by atomic mass is 10.0. The Bertz CT molecular complexity index is 649. The summed E-state index contributed by atoms with van der Waals surface area (Å²) in [5.74, 6) is 0. The molecule has 0 aromatic heterocycles. The van der Waals surface area contributed by atoms with Crippen LogP contribution < -0.4 is 0 Å². The Morgan fingerprint density at radius 3 is 2.38 bits per heavy atom. The number of sulfonamides is 1. The highest BCUT2D eigenvalue weighted by Gasteiger charge is 2.37. The zero-order chi connectivity index (χ0) is 15.6. The van der Waals surface area contributed by atoms with Crippen molar-refractivity contribution >= 4 is 10.0 Å². The average molecular weight is 309 g/mol. The molecule has 1 aliphatic heterocycles. The van der Waals surface area contributed by atoms with Gasteiger partial charge in [-0.1, -0.05) is 29.8 Å². The van der Waals surface area contributed by atoms with E-state index in [1.54, 1.807) is 31.2 Å². The molecule has 0 unspecified atom stereocenters. The number of rotatable bonds is 3. The Labute approximate surface area is 124 Å². The number of aliphatic hydroxyl groups excluding tert-OH is 2. The maximum atomic E-state index is 12.7. The van der Waals surface area contributed by atoms with Crippen LogP contribution >= 0.6 is 0 Å². The van der Waals surface area contributed by atoms with Gasteiger partial charge >= 0.3 is 0 Å². The van der Waals surface area contributed by atoms with E-state index in [0.29, 0.717) is 0 Å². The normalized spacial score (nSPS) is 26.5. The first kappa shape index (κ1) is 15.8. The van der Waals surface area contributed by atoms with Crippen LogP contribution in [-0.2, 0) is 10.0 Å². The SMILES string of the molecule is C/C=C/[C@@H]1[C@@H](O)[C@@H](O)C=CN1S(=O)(=O)c1ccc(C)cc1. The van der Waals surface area contributed by atoms with Gasteiger partial charge in [-0.3, -0.25) is 4.31 Å². The molecular formula is C15H19NO4S. The van der Waals surface area contributed by atoms with Gasteiger partial charge in [-0.15, -0.1) is 0 Å². The molecule has 0 radical (unpaired) electrons. The van der Waals surface area contributed by atoms with Crippen LogP contribution in [0.1, 0.15) is 12.5 Å². The third kappa shape index (κ3) is 3.02. The molecule has 1 aromatic carbocycles. The number of aliphatic hydroxyl groups is 2. The second-order valence-corrected chi connectivity index (χ2v) is 6.83. The lowest BCUT2D eigenvalue weighted by Gasteiger charge is -2.36. The predicted octanol–water partition coefficient (Wildman–Crippen LogP) is 1.18. The minimum Gasteiger partial charge on any atom is -0.388 e. The molecule has 1 aliphatic rings. The van der Waals surface area contributed by atoms with E-state index in [9.17, 15) is 18.6 Å². The fourth-order valence-electron chi connectivity index (χ4n) is 2.21. The fraction of sp³-hybridized carbons (Fsp3) is 0.333. The van der Waals surface area contributed by atoms with Crippen molar-refractivity contribution in [2.45, 2.75) is 37.0 Å². The van der Waals surface area contributed by atoms with Crippen LogP contribution in [0.2, 0.25) is 0 Å². The van der Waals surface area contributed by atoms with Crippen molar-refractivity contribution in [3.8, 4) is 0 Å². The van der Waals surface area contributed by atoms with Gasteiger partial charge in [0.05, 0.1) is 10.9 Å². The van der Waals surface area contributed by atoms with Crippen LogP contribution in [0.3, 0.4) is 0 Å². The second-order valence-electron chi connectivity index (χ2n) is 4.99. The Kier molecular flexibility index (Phi) is 4.51. The van der Waals surface area contributed by atoms with Gasteiger partial charge in [0.1, 0.15) is 12.2 Å². The van der Waals surface area contributed by atoms with E-state index in [1.165, 1.54) is 24.4 Å². The topological polar surface area (TPSA) is 77.8 Å². The maximum absolute atomic E-state index is 12.7. The van der Waals surface area contributed by atoms with Crippen molar-refractivity contribution in [2.24, 2.45) is 0 Å². The largest absolute Gasteiger partial charge is 0.388 e. The molecule has 0 saturated heterocycles. The minimum atomic E-state index is -3.78. The highest BCUT2D eigenvalue weighted by molar-refractivity contribution is 7.89. The summed E-state index contributed by atoms with van der Waals surface area (Å²) in [6, 6.07) is 5.67. The minimum absolute atomic E-state index is 0.149. The summed E-state index contributed by atoms with van der Waals surface area (Å²) in [5.41, 5.74) is 0.962. The molecule has 114 valence electrons. The number of benzene rings is 1. The zero-order valence-corrected chi connectivity index (χ0v) is 12.7. The molecule has 2 rings (SSSR count). The fourth-order valence-corrected chi connectivity index (χ4v) is 3.68. The Morgan fingerprint density at radius 2 is 1.81 bits per heavy atom. The second kappa shape index (κ2) is 6.01. The van der Waals surface area contributed by atoms with Gasteiger partial charge in [0.25, 0.3) is 10.0 Å². The van der Waals surface area contributed by atoms with Gasteiger partial charge in [0, 0.05) is 6.20 Å². The van der Waals surface area contributed by atoms with Crippen molar-refractivity contribution in [1.82, 2.24) is 4.31 Å². The summed E-state index contributed by atoms with van der Waals surface area (Å²) >= 11 is 0. The monoisotopic (exact) mass is 309 g/mol. The molecule has 0 aliphatic carbocycles. The lowest BCUT2D eigenvalue weighted by Crippen LogP contribution is -2.50. The zero-order valence-electron chi connectivity index (χ0n) is 11.9. The molecule has 0 amide bonds. The van der Waals surface area contributed by atoms with Gasteiger partial charge in [0.2, 0.25) is 0 Å². The molecule has 0 fully saturated rings. The van der Waals surface area contributed by atoms with E-state index >= 15 is 0 Å². The van der Waals surface area contributed by atoms with Crippen LogP contribution in [0.15, 0.2) is 53.6 Å². The quantitative estimate of drug-likeness (QED) is 0.822. The predicted molar refractivity (Wildman–Crippen MR) is 80.0 cm³/mol. The standard InChI is InChI=1S/C15H19NO4S/c1-3-4-13-15(18)14(17)9-10-16(13)21(19,20)12-7-5-11(2)6-8-12/h3-10,13-15,17-18H,1-2H3/b4-3+/t13-,14+,15-/m1/s1. The highest BCUT2D eigenvalue weighted by atomic mass is 32.2. The van der Waals surface area contributed by atoms with E-state index in [2.05, 4.69) is 0 Å². The van der Waals surface area contributed by atoms with E-state index in [-0.39, 0.29) is 4.90 Å². The Hall–Kier alpha value is -1.63. The van der Waals surface area contributed by atoms with Crippen LogP contribution in [0.5, 0.6) is 0 Å². The van der Waals surface area contributed by atoms with E-state index in [4.69, 9.17) is 0 Å². The molecule has 6 heteroatoms. The molecular weight excluding hydrogens is 290 g/mol. The summed E-state index contributed by atoms with van der Waals surface area (Å²) < 4.78 is 26.4. The van der Waals surface area contributed by atoms with Crippen molar-refractivity contribution in [3.63, 3.8) is 0 Å². The van der Waals surface area contributed by atoms with Gasteiger partial charge in [-0.25, -0.2) is 8.42 Å². The molecule has 0 bridgehead atoms. The van der Waals surface area contributed by atoms with Gasteiger partial charge in [0.15, 0.2) is 0 Å². The molecule has 5 nitrogen and oxygen atoms in total. The van der Waals surface area contributed by atoms with Crippen molar-refractivity contribution in [1.29, 1.82) is 0 Å². The summed E-state index contributed by atoms with van der Waals surface area (Å²) in [4.78, 5) is 0.149. The molecule has 0 saturated carbocycles. The summed E-state index contributed by atoms with van der Waals surface area (Å²) in [5, 5.41) is 19.7. The average Bonchev–Trinajstić information content (AvgIpc) is 2.44. The molecule has 0 spiro atoms. The van der Waals surface area contributed by atoms with E-state index < -0.39 is 28.3 Å². The maximum Gasteiger partial charge on any atom is 0.264 e. The summed E-state index contributed by atoms with van der Waals surface area (Å²) in [6.07, 6.45) is 3.50. The molecule has 3 atom stereocenters. The van der Waals surface area contributed by atoms with E-state index in [0.717, 1.165) is 9.87 Å². The smallest absolute Gasteiger partial charge is 0.264 e. The van der Waals surface area contributed by atoms with Crippen LogP contribution in [0.4, 0.5) is 0 Å². The van der Waals surface area contributed by atoms with Crippen molar-refractivity contribution in [2.75, 3.05) is 0 Å². The Balaban J connectivity index is 2.46. The number of hydrogen-bond acceptors (Lipinski definition) is 4. The summed E-state index contributed by atoms with van der Waals surface area (Å²) in [7, 11) is -3.78. The molecule has 21 heavy (non-hydrogen) atoms. The van der Waals surface area contributed by atoms with E-state index in [1.807, 2.05) is 6.92 Å². The summed E-state index contributed by atoms with van der Waals surface area (Å²) in [6.45, 7) is 3.61. The first-order valence-corrected chi connectivity index (χ1v) is 8.09. The van der Waals surface area contributed by atoms with Crippen LogP contribution in [-0.4, -0.2) is 41.2 Å². The van der Waals surface area contributed by atoms with Crippen LogP contribution in [0.25, 0.3) is 0 Å².